The normalized spacial score (nSPS) is 18.7. The van der Waals surface area contributed by atoms with E-state index in [1.807, 2.05) is 53.8 Å². The van der Waals surface area contributed by atoms with Gasteiger partial charge in [-0.1, -0.05) is 35.9 Å². The summed E-state index contributed by atoms with van der Waals surface area (Å²) < 4.78 is 7.72. The van der Waals surface area contributed by atoms with E-state index in [0.29, 0.717) is 23.8 Å². The van der Waals surface area contributed by atoms with Crippen molar-refractivity contribution < 1.29 is 14.3 Å². The number of halogens is 1. The molecule has 1 N–H and O–H groups in total. The SMILES string of the molecule is CC1CN(C(=O)Cn2cc(SCC(=O)Nc3cccc(Cl)c3)c3ccccc32)CC(C)O1. The molecule has 2 aromatic carbocycles. The first kappa shape index (κ1) is 22.7. The summed E-state index contributed by atoms with van der Waals surface area (Å²) in [6, 6.07) is 15.0. The second-order valence-electron chi connectivity index (χ2n) is 8.04. The van der Waals surface area contributed by atoms with Crippen LogP contribution in [0.2, 0.25) is 5.02 Å². The van der Waals surface area contributed by atoms with Crippen LogP contribution in [0.3, 0.4) is 0 Å². The molecule has 3 aromatic rings. The van der Waals surface area contributed by atoms with Gasteiger partial charge in [0.2, 0.25) is 11.8 Å². The zero-order valence-electron chi connectivity index (χ0n) is 18.1. The maximum atomic E-state index is 13.0. The van der Waals surface area contributed by atoms with E-state index in [4.69, 9.17) is 16.3 Å². The molecule has 1 aromatic heterocycles. The van der Waals surface area contributed by atoms with Crippen LogP contribution in [0.25, 0.3) is 10.9 Å². The number of hydrogen-bond donors (Lipinski definition) is 1. The van der Waals surface area contributed by atoms with Gasteiger partial charge in [0.05, 0.1) is 18.0 Å². The molecule has 168 valence electrons. The first-order valence-electron chi connectivity index (χ1n) is 10.6. The Morgan fingerprint density at radius 1 is 1.12 bits per heavy atom. The Bertz CT molecular complexity index is 1120. The molecule has 1 aliphatic heterocycles. The van der Waals surface area contributed by atoms with Crippen LogP contribution in [0, 0.1) is 0 Å². The fraction of sp³-hybridized carbons (Fsp3) is 0.333. The smallest absolute Gasteiger partial charge is 0.242 e. The number of aromatic nitrogens is 1. The predicted octanol–water partition coefficient (Wildman–Crippen LogP) is 4.66. The van der Waals surface area contributed by atoms with Crippen molar-refractivity contribution in [3.8, 4) is 0 Å². The molecular weight excluding hydrogens is 446 g/mol. The van der Waals surface area contributed by atoms with Crippen LogP contribution in [0.1, 0.15) is 13.8 Å². The molecule has 0 spiro atoms. The first-order chi connectivity index (χ1) is 15.4. The van der Waals surface area contributed by atoms with Crippen LogP contribution < -0.4 is 5.32 Å². The number of carbonyl (C=O) groups is 2. The number of ether oxygens (including phenoxy) is 1. The summed E-state index contributed by atoms with van der Waals surface area (Å²) in [6.07, 6.45) is 2.04. The van der Waals surface area contributed by atoms with Crippen molar-refractivity contribution in [3.05, 3.63) is 59.8 Å². The van der Waals surface area contributed by atoms with Gasteiger partial charge in [0.1, 0.15) is 6.54 Å². The summed E-state index contributed by atoms with van der Waals surface area (Å²) in [7, 11) is 0. The van der Waals surface area contributed by atoms with Crippen molar-refractivity contribution in [3.63, 3.8) is 0 Å². The summed E-state index contributed by atoms with van der Waals surface area (Å²) in [5.74, 6) is 0.219. The van der Waals surface area contributed by atoms with Gasteiger partial charge in [-0.05, 0) is 38.1 Å². The molecule has 1 fully saturated rings. The van der Waals surface area contributed by atoms with Crippen molar-refractivity contribution in [1.82, 2.24) is 9.47 Å². The number of fused-ring (bicyclic) bond motifs is 1. The topological polar surface area (TPSA) is 63.6 Å². The molecule has 0 bridgehead atoms. The van der Waals surface area contributed by atoms with E-state index in [1.165, 1.54) is 11.8 Å². The highest BCUT2D eigenvalue weighted by Crippen LogP contribution is 2.30. The fourth-order valence-electron chi connectivity index (χ4n) is 3.99. The van der Waals surface area contributed by atoms with Gasteiger partial charge in [0.15, 0.2) is 0 Å². The van der Waals surface area contributed by atoms with E-state index in [2.05, 4.69) is 5.32 Å². The van der Waals surface area contributed by atoms with E-state index >= 15 is 0 Å². The molecule has 32 heavy (non-hydrogen) atoms. The molecule has 2 heterocycles. The molecule has 6 nitrogen and oxygen atoms in total. The lowest BCUT2D eigenvalue weighted by Gasteiger charge is -2.35. The minimum Gasteiger partial charge on any atom is -0.372 e. The number of nitrogens with zero attached hydrogens (tertiary/aromatic N) is 2. The molecule has 1 aliphatic rings. The van der Waals surface area contributed by atoms with Gasteiger partial charge < -0.3 is 19.5 Å². The third-order valence-electron chi connectivity index (χ3n) is 5.30. The number of thioether (sulfide) groups is 1. The number of benzene rings is 2. The molecule has 1 saturated heterocycles. The van der Waals surface area contributed by atoms with Gasteiger partial charge in [0.25, 0.3) is 0 Å². The minimum atomic E-state index is -0.110. The standard InChI is InChI=1S/C24H26ClN3O3S/c1-16-11-28(12-17(2)31-16)24(30)14-27-13-22(20-8-3-4-9-21(20)27)32-15-23(29)26-19-7-5-6-18(25)10-19/h3-10,13,16-17H,11-12,14-15H2,1-2H3,(H,26,29). The summed E-state index contributed by atoms with van der Waals surface area (Å²) >= 11 is 7.44. The average molecular weight is 472 g/mol. The fourth-order valence-corrected chi connectivity index (χ4v) is 5.07. The number of anilines is 1. The zero-order chi connectivity index (χ0) is 22.7. The van der Waals surface area contributed by atoms with Crippen LogP contribution >= 0.6 is 23.4 Å². The van der Waals surface area contributed by atoms with Crippen LogP contribution in [0.5, 0.6) is 0 Å². The van der Waals surface area contributed by atoms with Gasteiger partial charge in [-0.25, -0.2) is 0 Å². The largest absolute Gasteiger partial charge is 0.372 e. The van der Waals surface area contributed by atoms with E-state index in [9.17, 15) is 9.59 Å². The molecule has 0 radical (unpaired) electrons. The molecule has 8 heteroatoms. The zero-order valence-corrected chi connectivity index (χ0v) is 19.7. The maximum Gasteiger partial charge on any atom is 0.242 e. The number of hydrogen-bond acceptors (Lipinski definition) is 4. The highest BCUT2D eigenvalue weighted by Gasteiger charge is 2.26. The van der Waals surface area contributed by atoms with E-state index in [0.717, 1.165) is 15.8 Å². The van der Waals surface area contributed by atoms with Gasteiger partial charge >= 0.3 is 0 Å². The maximum absolute atomic E-state index is 13.0. The Kier molecular flexibility index (Phi) is 7.08. The molecule has 2 atom stereocenters. The third-order valence-corrected chi connectivity index (χ3v) is 6.58. The number of nitrogens with one attached hydrogen (secondary N) is 1. The van der Waals surface area contributed by atoms with Crippen molar-refractivity contribution in [2.24, 2.45) is 0 Å². The van der Waals surface area contributed by atoms with E-state index in [-0.39, 0.29) is 36.3 Å². The molecule has 0 saturated carbocycles. The number of morpholine rings is 1. The number of carbonyl (C=O) groups excluding carboxylic acids is 2. The van der Waals surface area contributed by atoms with Gasteiger partial charge in [-0.2, -0.15) is 0 Å². The van der Waals surface area contributed by atoms with Crippen LogP contribution in [0.15, 0.2) is 59.6 Å². The Balaban J connectivity index is 1.45. The summed E-state index contributed by atoms with van der Waals surface area (Å²) in [5.41, 5.74) is 1.65. The highest BCUT2D eigenvalue weighted by molar-refractivity contribution is 8.00. The lowest BCUT2D eigenvalue weighted by atomic mass is 10.2. The number of amides is 2. The molecule has 0 aliphatic carbocycles. The van der Waals surface area contributed by atoms with Crippen molar-refractivity contribution in [2.75, 3.05) is 24.2 Å². The minimum absolute atomic E-state index is 0.0354. The Morgan fingerprint density at radius 3 is 2.62 bits per heavy atom. The number of rotatable bonds is 6. The van der Waals surface area contributed by atoms with Crippen LogP contribution in [-0.2, 0) is 20.9 Å². The average Bonchev–Trinajstić information content (AvgIpc) is 3.09. The van der Waals surface area contributed by atoms with Crippen LogP contribution in [0.4, 0.5) is 5.69 Å². The quantitative estimate of drug-likeness (QED) is 0.531. The van der Waals surface area contributed by atoms with Crippen molar-refractivity contribution in [2.45, 2.75) is 37.5 Å². The van der Waals surface area contributed by atoms with E-state index in [1.54, 1.807) is 24.3 Å². The molecule has 4 rings (SSSR count). The lowest BCUT2D eigenvalue weighted by Crippen LogP contribution is -2.49. The van der Waals surface area contributed by atoms with Crippen molar-refractivity contribution >= 4 is 51.8 Å². The molecule has 2 unspecified atom stereocenters. The number of para-hydroxylation sites is 1. The summed E-state index contributed by atoms with van der Waals surface area (Å²) in [5, 5.41) is 4.48. The lowest BCUT2D eigenvalue weighted by molar-refractivity contribution is -0.143. The van der Waals surface area contributed by atoms with Gasteiger partial charge in [0, 0.05) is 45.8 Å². The Hall–Kier alpha value is -2.48. The van der Waals surface area contributed by atoms with Crippen molar-refractivity contribution in [1.29, 1.82) is 0 Å². The van der Waals surface area contributed by atoms with Crippen LogP contribution in [-0.4, -0.2) is 52.3 Å². The van der Waals surface area contributed by atoms with Gasteiger partial charge in [-0.3, -0.25) is 9.59 Å². The predicted molar refractivity (Wildman–Crippen MR) is 129 cm³/mol. The van der Waals surface area contributed by atoms with Gasteiger partial charge in [-0.15, -0.1) is 11.8 Å². The highest BCUT2D eigenvalue weighted by atomic mass is 35.5. The Labute approximate surface area is 196 Å². The summed E-state index contributed by atoms with van der Waals surface area (Å²) in [4.78, 5) is 28.3. The second kappa shape index (κ2) is 9.98. The monoisotopic (exact) mass is 471 g/mol. The second-order valence-corrected chi connectivity index (χ2v) is 9.50. The Morgan fingerprint density at radius 2 is 1.88 bits per heavy atom. The third kappa shape index (κ3) is 5.46. The first-order valence-corrected chi connectivity index (χ1v) is 11.9. The summed E-state index contributed by atoms with van der Waals surface area (Å²) in [6.45, 7) is 5.45. The molecular formula is C24H26ClN3O3S. The molecule has 2 amide bonds. The van der Waals surface area contributed by atoms with E-state index < -0.39 is 0 Å².